The third-order valence-corrected chi connectivity index (χ3v) is 6.80. The van der Waals surface area contributed by atoms with Crippen molar-refractivity contribution in [3.63, 3.8) is 0 Å². The number of fused-ring (bicyclic) bond motifs is 1. The topological polar surface area (TPSA) is 121 Å². The van der Waals surface area contributed by atoms with E-state index in [2.05, 4.69) is 15.0 Å². The number of nitrogens with two attached hydrogens (primary N) is 1. The molecule has 1 saturated carbocycles. The standard InChI is InChI=1S/C29H27FN6O3/c1-17-33-14-18(15-34-17)16-38-23-9-21(30)10-24(11-23)39-22-5-3-19(4-6-22)25-26-27(31)32-7-8-36(26)28(35-25)20-12-29(2,37)13-20/h3-11,14-15,20,37H,12-13,16H2,1-2H3,(H2,31,32)/t20-,29+. The van der Waals surface area contributed by atoms with Gasteiger partial charge < -0.3 is 20.3 Å². The van der Waals surface area contributed by atoms with Crippen molar-refractivity contribution in [3.05, 3.63) is 90.3 Å². The van der Waals surface area contributed by atoms with Gasteiger partial charge in [-0.25, -0.2) is 24.3 Å². The van der Waals surface area contributed by atoms with Gasteiger partial charge in [0, 0.05) is 60.0 Å². The molecule has 5 aromatic rings. The fourth-order valence-corrected chi connectivity index (χ4v) is 4.92. The van der Waals surface area contributed by atoms with Gasteiger partial charge in [0.25, 0.3) is 0 Å². The van der Waals surface area contributed by atoms with Gasteiger partial charge in [-0.2, -0.15) is 0 Å². The van der Waals surface area contributed by atoms with Crippen molar-refractivity contribution in [1.82, 2.24) is 24.3 Å². The molecule has 3 N–H and O–H groups in total. The average molecular weight is 527 g/mol. The molecule has 198 valence electrons. The lowest BCUT2D eigenvalue weighted by Gasteiger charge is -2.40. The van der Waals surface area contributed by atoms with Crippen molar-refractivity contribution in [2.75, 3.05) is 5.73 Å². The van der Waals surface area contributed by atoms with Crippen LogP contribution < -0.4 is 15.2 Å². The highest BCUT2D eigenvalue weighted by atomic mass is 19.1. The van der Waals surface area contributed by atoms with Gasteiger partial charge in [0.05, 0.1) is 5.60 Å². The van der Waals surface area contributed by atoms with Crippen LogP contribution in [0.3, 0.4) is 0 Å². The number of imidazole rings is 1. The normalized spacial score (nSPS) is 18.6. The maximum absolute atomic E-state index is 14.3. The number of rotatable bonds is 7. The van der Waals surface area contributed by atoms with Gasteiger partial charge in [-0.15, -0.1) is 0 Å². The molecule has 0 atom stereocenters. The van der Waals surface area contributed by atoms with Crippen molar-refractivity contribution in [1.29, 1.82) is 0 Å². The van der Waals surface area contributed by atoms with Crippen LogP contribution in [0.2, 0.25) is 0 Å². The Morgan fingerprint density at radius 1 is 1.05 bits per heavy atom. The largest absolute Gasteiger partial charge is 0.489 e. The smallest absolute Gasteiger partial charge is 0.150 e. The van der Waals surface area contributed by atoms with E-state index in [0.717, 1.165) is 22.5 Å². The molecule has 1 aliphatic rings. The number of nitrogens with zero attached hydrogens (tertiary/aromatic N) is 5. The lowest BCUT2D eigenvalue weighted by atomic mass is 9.72. The molecule has 0 amide bonds. The molecule has 39 heavy (non-hydrogen) atoms. The van der Waals surface area contributed by atoms with E-state index in [0.29, 0.717) is 47.4 Å². The Hall–Kier alpha value is -4.57. The second-order valence-corrected chi connectivity index (χ2v) is 10.1. The fourth-order valence-electron chi connectivity index (χ4n) is 4.92. The molecule has 3 aromatic heterocycles. The lowest BCUT2D eigenvalue weighted by Crippen LogP contribution is -2.40. The number of benzene rings is 2. The third kappa shape index (κ3) is 5.10. The number of halogens is 1. The minimum absolute atomic E-state index is 0.133. The zero-order valence-corrected chi connectivity index (χ0v) is 21.5. The second-order valence-electron chi connectivity index (χ2n) is 10.1. The summed E-state index contributed by atoms with van der Waals surface area (Å²) >= 11 is 0. The molecule has 0 radical (unpaired) electrons. The molecule has 3 heterocycles. The van der Waals surface area contributed by atoms with E-state index in [4.69, 9.17) is 20.2 Å². The molecule has 2 aromatic carbocycles. The zero-order chi connectivity index (χ0) is 27.1. The quantitative estimate of drug-likeness (QED) is 0.296. The first-order valence-corrected chi connectivity index (χ1v) is 12.6. The van der Waals surface area contributed by atoms with Crippen LogP contribution >= 0.6 is 0 Å². The van der Waals surface area contributed by atoms with Gasteiger partial charge in [0.2, 0.25) is 0 Å². The molecular formula is C29H27FN6O3. The van der Waals surface area contributed by atoms with Gasteiger partial charge in [0.15, 0.2) is 0 Å². The summed E-state index contributed by atoms with van der Waals surface area (Å²) in [6, 6.07) is 11.5. The third-order valence-electron chi connectivity index (χ3n) is 6.80. The van der Waals surface area contributed by atoms with Gasteiger partial charge in [0.1, 0.15) is 58.3 Å². The van der Waals surface area contributed by atoms with Crippen LogP contribution in [0.4, 0.5) is 10.2 Å². The summed E-state index contributed by atoms with van der Waals surface area (Å²) in [4.78, 5) is 17.4. The Morgan fingerprint density at radius 2 is 1.77 bits per heavy atom. The number of ether oxygens (including phenoxy) is 2. The van der Waals surface area contributed by atoms with Gasteiger partial charge in [-0.3, -0.25) is 4.40 Å². The first kappa shape index (κ1) is 24.7. The molecule has 0 saturated heterocycles. The van der Waals surface area contributed by atoms with Gasteiger partial charge in [-0.1, -0.05) is 0 Å². The summed E-state index contributed by atoms with van der Waals surface area (Å²) in [6.07, 6.45) is 8.12. The molecule has 1 aliphatic carbocycles. The highest BCUT2D eigenvalue weighted by molar-refractivity contribution is 5.85. The van der Waals surface area contributed by atoms with Crippen LogP contribution in [0.5, 0.6) is 17.2 Å². The maximum atomic E-state index is 14.3. The van der Waals surface area contributed by atoms with Crippen LogP contribution in [0.25, 0.3) is 16.8 Å². The lowest BCUT2D eigenvalue weighted by molar-refractivity contribution is -0.0335. The summed E-state index contributed by atoms with van der Waals surface area (Å²) < 4.78 is 27.9. The van der Waals surface area contributed by atoms with Crippen LogP contribution in [0, 0.1) is 12.7 Å². The van der Waals surface area contributed by atoms with Crippen LogP contribution in [0.15, 0.2) is 67.3 Å². The highest BCUT2D eigenvalue weighted by Crippen LogP contribution is 2.45. The van der Waals surface area contributed by atoms with E-state index in [9.17, 15) is 9.50 Å². The van der Waals surface area contributed by atoms with E-state index in [1.165, 1.54) is 12.1 Å². The number of hydrogen-bond donors (Lipinski definition) is 2. The average Bonchev–Trinajstić information content (AvgIpc) is 3.28. The number of aliphatic hydroxyl groups is 1. The zero-order valence-electron chi connectivity index (χ0n) is 21.5. The molecule has 0 spiro atoms. The first-order valence-electron chi connectivity index (χ1n) is 12.6. The number of aryl methyl sites for hydroxylation is 1. The molecule has 0 aliphatic heterocycles. The monoisotopic (exact) mass is 526 g/mol. The fraction of sp³-hybridized carbons (Fsp3) is 0.241. The second kappa shape index (κ2) is 9.63. The summed E-state index contributed by atoms with van der Waals surface area (Å²) in [6.45, 7) is 3.84. The number of anilines is 1. The molecule has 1 fully saturated rings. The van der Waals surface area contributed by atoms with Crippen LogP contribution in [-0.4, -0.2) is 35.0 Å². The minimum Gasteiger partial charge on any atom is -0.489 e. The number of nitrogen functional groups attached to an aromatic ring is 1. The predicted octanol–water partition coefficient (Wildman–Crippen LogP) is 5.22. The molecule has 6 rings (SSSR count). The molecule has 9 nitrogen and oxygen atoms in total. The van der Waals surface area contributed by atoms with Gasteiger partial charge in [-0.05, 0) is 51.0 Å². The van der Waals surface area contributed by atoms with Crippen LogP contribution in [0.1, 0.15) is 42.9 Å². The Bertz CT molecular complexity index is 1640. The Labute approximate surface area is 224 Å². The van der Waals surface area contributed by atoms with E-state index in [1.807, 2.05) is 29.7 Å². The van der Waals surface area contributed by atoms with Gasteiger partial charge >= 0.3 is 0 Å². The summed E-state index contributed by atoms with van der Waals surface area (Å²) in [7, 11) is 0. The predicted molar refractivity (Wildman–Crippen MR) is 143 cm³/mol. The van der Waals surface area contributed by atoms with Crippen LogP contribution in [-0.2, 0) is 6.61 Å². The molecule has 10 heteroatoms. The Kier molecular flexibility index (Phi) is 6.11. The van der Waals surface area contributed by atoms with Crippen molar-refractivity contribution >= 4 is 11.3 Å². The molecular weight excluding hydrogens is 499 g/mol. The van der Waals surface area contributed by atoms with E-state index < -0.39 is 11.4 Å². The van der Waals surface area contributed by atoms with E-state index in [1.54, 1.807) is 43.7 Å². The summed E-state index contributed by atoms with van der Waals surface area (Å²) in [5, 5.41) is 10.2. The summed E-state index contributed by atoms with van der Waals surface area (Å²) in [5.41, 5.74) is 8.61. The maximum Gasteiger partial charge on any atom is 0.150 e. The van der Waals surface area contributed by atoms with Crippen molar-refractivity contribution in [2.24, 2.45) is 0 Å². The van der Waals surface area contributed by atoms with E-state index in [-0.39, 0.29) is 12.5 Å². The minimum atomic E-state index is -0.675. The number of aromatic nitrogens is 5. The SMILES string of the molecule is Cc1ncc(COc2cc(F)cc(Oc3ccc(-c4nc([C@H]5C[C@@](C)(O)C5)n5ccnc(N)c45)cc3)c2)cn1. The first-order chi connectivity index (χ1) is 18.7. The van der Waals surface area contributed by atoms with E-state index >= 15 is 0 Å². The Balaban J connectivity index is 1.22. The van der Waals surface area contributed by atoms with Crippen molar-refractivity contribution in [2.45, 2.75) is 44.8 Å². The molecule has 0 unspecified atom stereocenters. The molecule has 0 bridgehead atoms. The van der Waals surface area contributed by atoms with Crippen molar-refractivity contribution in [3.8, 4) is 28.5 Å². The summed E-state index contributed by atoms with van der Waals surface area (Å²) in [5.74, 6) is 2.71. The Morgan fingerprint density at radius 3 is 2.49 bits per heavy atom. The number of hydrogen-bond acceptors (Lipinski definition) is 8. The highest BCUT2D eigenvalue weighted by Gasteiger charge is 2.41. The van der Waals surface area contributed by atoms with Crippen molar-refractivity contribution < 1.29 is 19.0 Å².